The quantitative estimate of drug-likeness (QED) is 0.701. The molecule has 0 spiro atoms. The third-order valence-corrected chi connectivity index (χ3v) is 5.66. The standard InChI is InChI=1S/C19H23ClN2O5S/c1-13(19(23)21-12-14-7-5-6-8-17(14)26-2)22(28(4,24)25)15-9-10-18(27-3)16(20)11-15/h5-11,13H,12H2,1-4H3,(H,21,23)/t13-/m0/s1. The molecule has 0 bridgehead atoms. The fourth-order valence-corrected chi connectivity index (χ4v) is 4.20. The van der Waals surface area contributed by atoms with Crippen LogP contribution in [0.1, 0.15) is 12.5 Å². The van der Waals surface area contributed by atoms with Crippen LogP contribution in [0, 0.1) is 0 Å². The molecule has 0 aliphatic rings. The molecule has 0 unspecified atom stereocenters. The van der Waals surface area contributed by atoms with Crippen molar-refractivity contribution in [2.24, 2.45) is 0 Å². The lowest BCUT2D eigenvalue weighted by Gasteiger charge is -2.28. The SMILES string of the molecule is COc1ccc(N([C@@H](C)C(=O)NCc2ccccc2OC)S(C)(=O)=O)cc1Cl. The van der Waals surface area contributed by atoms with E-state index in [9.17, 15) is 13.2 Å². The smallest absolute Gasteiger partial charge is 0.243 e. The molecule has 2 rings (SSSR count). The fraction of sp³-hybridized carbons (Fsp3) is 0.316. The maximum absolute atomic E-state index is 12.7. The maximum atomic E-state index is 12.7. The Morgan fingerprint density at radius 2 is 1.79 bits per heavy atom. The van der Waals surface area contributed by atoms with Crippen LogP contribution in [0.5, 0.6) is 11.5 Å². The van der Waals surface area contributed by atoms with Gasteiger partial charge in [0, 0.05) is 12.1 Å². The number of ether oxygens (including phenoxy) is 2. The molecule has 152 valence electrons. The Hall–Kier alpha value is -2.45. The van der Waals surface area contributed by atoms with Crippen molar-refractivity contribution >= 4 is 33.2 Å². The molecule has 2 aromatic rings. The van der Waals surface area contributed by atoms with Crippen molar-refractivity contribution in [1.29, 1.82) is 0 Å². The van der Waals surface area contributed by atoms with Gasteiger partial charge >= 0.3 is 0 Å². The van der Waals surface area contributed by atoms with Gasteiger partial charge < -0.3 is 14.8 Å². The van der Waals surface area contributed by atoms with Gasteiger partial charge in [0.1, 0.15) is 17.5 Å². The molecule has 0 radical (unpaired) electrons. The number of methoxy groups -OCH3 is 2. The summed E-state index contributed by atoms with van der Waals surface area (Å²) >= 11 is 6.12. The third-order valence-electron chi connectivity index (χ3n) is 4.12. The van der Waals surface area contributed by atoms with Gasteiger partial charge in [-0.1, -0.05) is 29.8 Å². The second-order valence-corrected chi connectivity index (χ2v) is 8.35. The van der Waals surface area contributed by atoms with Crippen molar-refractivity contribution in [2.75, 3.05) is 24.8 Å². The Morgan fingerprint density at radius 3 is 2.36 bits per heavy atom. The van der Waals surface area contributed by atoms with E-state index in [0.717, 1.165) is 16.1 Å². The van der Waals surface area contributed by atoms with Crippen LogP contribution in [0.4, 0.5) is 5.69 Å². The number of rotatable bonds is 8. The minimum Gasteiger partial charge on any atom is -0.496 e. The lowest BCUT2D eigenvalue weighted by molar-refractivity contribution is -0.122. The zero-order valence-corrected chi connectivity index (χ0v) is 17.7. The summed E-state index contributed by atoms with van der Waals surface area (Å²) < 4.78 is 36.1. The number of benzene rings is 2. The summed E-state index contributed by atoms with van der Waals surface area (Å²) in [6.07, 6.45) is 1.04. The second-order valence-electron chi connectivity index (χ2n) is 6.08. The Kier molecular flexibility index (Phi) is 7.15. The van der Waals surface area contributed by atoms with Crippen LogP contribution < -0.4 is 19.1 Å². The molecule has 0 fully saturated rings. The molecule has 7 nitrogen and oxygen atoms in total. The van der Waals surface area contributed by atoms with E-state index in [2.05, 4.69) is 5.32 Å². The van der Waals surface area contributed by atoms with Crippen LogP contribution in [0.3, 0.4) is 0 Å². The number of amides is 1. The van der Waals surface area contributed by atoms with E-state index in [1.54, 1.807) is 19.2 Å². The largest absolute Gasteiger partial charge is 0.496 e. The van der Waals surface area contributed by atoms with Crippen LogP contribution in [-0.2, 0) is 21.4 Å². The van der Waals surface area contributed by atoms with Crippen LogP contribution in [0.15, 0.2) is 42.5 Å². The highest BCUT2D eigenvalue weighted by Crippen LogP contribution is 2.31. The second kappa shape index (κ2) is 9.16. The molecule has 0 aliphatic heterocycles. The van der Waals surface area contributed by atoms with Gasteiger partial charge in [0.25, 0.3) is 0 Å². The van der Waals surface area contributed by atoms with Gasteiger partial charge in [-0.3, -0.25) is 9.10 Å². The monoisotopic (exact) mass is 426 g/mol. The van der Waals surface area contributed by atoms with Gasteiger partial charge in [0.05, 0.1) is 31.2 Å². The Morgan fingerprint density at radius 1 is 1.14 bits per heavy atom. The zero-order chi connectivity index (χ0) is 20.9. The van der Waals surface area contributed by atoms with Crippen molar-refractivity contribution in [3.8, 4) is 11.5 Å². The normalized spacial score (nSPS) is 12.2. The average molecular weight is 427 g/mol. The molecule has 0 aliphatic carbocycles. The van der Waals surface area contributed by atoms with E-state index < -0.39 is 22.0 Å². The average Bonchev–Trinajstić information content (AvgIpc) is 2.65. The number of carbonyl (C=O) groups is 1. The van der Waals surface area contributed by atoms with Gasteiger partial charge in [0.2, 0.25) is 15.9 Å². The van der Waals surface area contributed by atoms with Gasteiger partial charge in [-0.2, -0.15) is 0 Å². The predicted molar refractivity (Wildman–Crippen MR) is 110 cm³/mol. The van der Waals surface area contributed by atoms with E-state index in [-0.39, 0.29) is 17.3 Å². The molecule has 2 aromatic carbocycles. The number of halogens is 1. The van der Waals surface area contributed by atoms with E-state index in [1.165, 1.54) is 26.2 Å². The maximum Gasteiger partial charge on any atom is 0.243 e. The summed E-state index contributed by atoms with van der Waals surface area (Å²) in [6.45, 7) is 1.71. The molecule has 0 saturated carbocycles. The van der Waals surface area contributed by atoms with Crippen LogP contribution >= 0.6 is 11.6 Å². The number of sulfonamides is 1. The van der Waals surface area contributed by atoms with Gasteiger partial charge in [-0.25, -0.2) is 8.42 Å². The summed E-state index contributed by atoms with van der Waals surface area (Å²) in [5.74, 6) is 0.591. The summed E-state index contributed by atoms with van der Waals surface area (Å²) in [6, 6.07) is 10.8. The molecular weight excluding hydrogens is 404 g/mol. The highest BCUT2D eigenvalue weighted by molar-refractivity contribution is 7.92. The van der Waals surface area contributed by atoms with E-state index in [0.29, 0.717) is 11.5 Å². The molecule has 1 amide bonds. The van der Waals surface area contributed by atoms with Crippen molar-refractivity contribution < 1.29 is 22.7 Å². The van der Waals surface area contributed by atoms with Crippen LogP contribution in [-0.4, -0.2) is 40.8 Å². The highest BCUT2D eigenvalue weighted by atomic mass is 35.5. The number of nitrogens with zero attached hydrogens (tertiary/aromatic N) is 1. The van der Waals surface area contributed by atoms with Crippen molar-refractivity contribution in [3.05, 3.63) is 53.1 Å². The summed E-state index contributed by atoms with van der Waals surface area (Å²) in [5.41, 5.74) is 1.05. The first-order chi connectivity index (χ1) is 13.2. The molecule has 0 aromatic heterocycles. The topological polar surface area (TPSA) is 84.9 Å². The Balaban J connectivity index is 2.24. The molecule has 28 heavy (non-hydrogen) atoms. The number of nitrogens with one attached hydrogen (secondary N) is 1. The molecule has 1 atom stereocenters. The van der Waals surface area contributed by atoms with Crippen molar-refractivity contribution in [3.63, 3.8) is 0 Å². The summed E-state index contributed by atoms with van der Waals surface area (Å²) in [5, 5.41) is 3.00. The summed E-state index contributed by atoms with van der Waals surface area (Å²) in [4.78, 5) is 12.7. The minimum atomic E-state index is -3.75. The van der Waals surface area contributed by atoms with E-state index in [4.69, 9.17) is 21.1 Å². The number of hydrogen-bond acceptors (Lipinski definition) is 5. The van der Waals surface area contributed by atoms with Crippen LogP contribution in [0.2, 0.25) is 5.02 Å². The molecular formula is C19H23ClN2O5S. The Bertz CT molecular complexity index is 949. The van der Waals surface area contributed by atoms with Gasteiger partial charge in [-0.15, -0.1) is 0 Å². The van der Waals surface area contributed by atoms with E-state index >= 15 is 0 Å². The van der Waals surface area contributed by atoms with Crippen LogP contribution in [0.25, 0.3) is 0 Å². The fourth-order valence-electron chi connectivity index (χ4n) is 2.78. The zero-order valence-electron chi connectivity index (χ0n) is 16.1. The molecule has 0 saturated heterocycles. The number of para-hydroxylation sites is 1. The number of carbonyl (C=O) groups excluding carboxylic acids is 1. The Labute approximate surface area is 170 Å². The molecule has 9 heteroatoms. The van der Waals surface area contributed by atoms with Crippen molar-refractivity contribution in [1.82, 2.24) is 5.32 Å². The first kappa shape index (κ1) is 21.8. The summed E-state index contributed by atoms with van der Waals surface area (Å²) in [7, 11) is -0.741. The highest BCUT2D eigenvalue weighted by Gasteiger charge is 2.29. The molecule has 0 heterocycles. The third kappa shape index (κ3) is 5.08. The number of hydrogen-bond donors (Lipinski definition) is 1. The van der Waals surface area contributed by atoms with Crippen molar-refractivity contribution in [2.45, 2.75) is 19.5 Å². The van der Waals surface area contributed by atoms with E-state index in [1.807, 2.05) is 18.2 Å². The lowest BCUT2D eigenvalue weighted by Crippen LogP contribution is -2.47. The van der Waals surface area contributed by atoms with Gasteiger partial charge in [0.15, 0.2) is 0 Å². The molecule has 1 N–H and O–H groups in total. The van der Waals surface area contributed by atoms with Gasteiger partial charge in [-0.05, 0) is 31.2 Å². The lowest BCUT2D eigenvalue weighted by atomic mass is 10.2. The predicted octanol–water partition coefficient (Wildman–Crippen LogP) is 2.83. The first-order valence-corrected chi connectivity index (χ1v) is 10.6. The first-order valence-electron chi connectivity index (χ1n) is 8.41. The minimum absolute atomic E-state index is 0.203. The number of anilines is 1.